The fraction of sp³-hybridized carbons (Fsp3) is 0.154. The highest BCUT2D eigenvalue weighted by Gasteiger charge is 2.43. The predicted octanol–water partition coefficient (Wildman–Crippen LogP) is 0.497. The molecule has 0 fully saturated rings. The lowest BCUT2D eigenvalue weighted by atomic mass is 10.3. The number of nitrogens with zero attached hydrogens (tertiary/aromatic N) is 1. The molecule has 1 aromatic heterocycles. The van der Waals surface area contributed by atoms with Gasteiger partial charge in [0.15, 0.2) is 11.5 Å². The Bertz CT molecular complexity index is 890. The van der Waals surface area contributed by atoms with Crippen molar-refractivity contribution in [1.82, 2.24) is 9.55 Å². The summed E-state index contributed by atoms with van der Waals surface area (Å²) in [6, 6.07) is 4.83. The van der Waals surface area contributed by atoms with E-state index in [1.165, 1.54) is 24.4 Å². The van der Waals surface area contributed by atoms with Crippen molar-refractivity contribution >= 4 is 11.6 Å². The Morgan fingerprint density at radius 2 is 1.96 bits per heavy atom. The number of ether oxygens (including phenoxy) is 2. The quantitative estimate of drug-likeness (QED) is 0.855. The molecule has 0 radical (unpaired) electrons. The van der Waals surface area contributed by atoms with Gasteiger partial charge in [0.05, 0.1) is 0 Å². The van der Waals surface area contributed by atoms with Gasteiger partial charge in [0.1, 0.15) is 6.54 Å². The van der Waals surface area contributed by atoms with E-state index < -0.39 is 23.5 Å². The molecule has 2 heterocycles. The second kappa shape index (κ2) is 5.23. The summed E-state index contributed by atoms with van der Waals surface area (Å²) in [5.41, 5.74) is -1.13. The van der Waals surface area contributed by atoms with Crippen molar-refractivity contribution in [2.24, 2.45) is 0 Å². The van der Waals surface area contributed by atoms with E-state index in [4.69, 9.17) is 0 Å². The molecule has 0 spiro atoms. The zero-order valence-corrected chi connectivity index (χ0v) is 11.3. The van der Waals surface area contributed by atoms with Gasteiger partial charge in [-0.15, -0.1) is 8.78 Å². The Labute approximate surface area is 126 Å². The number of nitrogens with one attached hydrogen (secondary N) is 2. The number of H-pyrrole nitrogens is 1. The van der Waals surface area contributed by atoms with Crippen LogP contribution in [-0.2, 0) is 11.3 Å². The van der Waals surface area contributed by atoms with E-state index in [2.05, 4.69) is 14.8 Å². The largest absolute Gasteiger partial charge is 0.586 e. The molecule has 23 heavy (non-hydrogen) atoms. The summed E-state index contributed by atoms with van der Waals surface area (Å²) >= 11 is 0. The Morgan fingerprint density at radius 1 is 1.22 bits per heavy atom. The Hall–Kier alpha value is -3.17. The lowest BCUT2D eigenvalue weighted by molar-refractivity contribution is -0.286. The number of alkyl halides is 2. The average molecular weight is 325 g/mol. The van der Waals surface area contributed by atoms with Crippen molar-refractivity contribution in [3.05, 3.63) is 51.3 Å². The maximum Gasteiger partial charge on any atom is 0.586 e. The van der Waals surface area contributed by atoms with Crippen LogP contribution in [0.5, 0.6) is 11.5 Å². The lowest BCUT2D eigenvalue weighted by Crippen LogP contribution is -2.32. The molecule has 0 atom stereocenters. The van der Waals surface area contributed by atoms with Crippen molar-refractivity contribution in [3.8, 4) is 11.5 Å². The van der Waals surface area contributed by atoms with Crippen LogP contribution >= 0.6 is 0 Å². The maximum atomic E-state index is 12.9. The molecule has 1 aliphatic rings. The molecule has 1 amide bonds. The maximum absolute atomic E-state index is 12.9. The molecule has 0 saturated carbocycles. The molecule has 0 unspecified atom stereocenters. The molecule has 3 rings (SSSR count). The normalized spacial score (nSPS) is 14.5. The third-order valence-corrected chi connectivity index (χ3v) is 2.90. The van der Waals surface area contributed by atoms with E-state index in [1.807, 2.05) is 4.98 Å². The number of benzene rings is 1. The molecular weight excluding hydrogens is 316 g/mol. The fourth-order valence-corrected chi connectivity index (χ4v) is 1.95. The summed E-state index contributed by atoms with van der Waals surface area (Å²) in [5.74, 6) is -0.955. The van der Waals surface area contributed by atoms with Gasteiger partial charge < -0.3 is 14.8 Å². The highest BCUT2D eigenvalue weighted by molar-refractivity contribution is 5.90. The Balaban J connectivity index is 1.72. The van der Waals surface area contributed by atoms with E-state index in [9.17, 15) is 23.2 Å². The van der Waals surface area contributed by atoms with Gasteiger partial charge in [0, 0.05) is 24.0 Å². The van der Waals surface area contributed by atoms with Gasteiger partial charge in [-0.05, 0) is 12.1 Å². The molecule has 0 bridgehead atoms. The number of hydrogen-bond donors (Lipinski definition) is 2. The number of rotatable bonds is 3. The van der Waals surface area contributed by atoms with Crippen LogP contribution in [0.4, 0.5) is 14.5 Å². The summed E-state index contributed by atoms with van der Waals surface area (Å²) in [5, 5.41) is 2.42. The lowest BCUT2D eigenvalue weighted by Gasteiger charge is -2.07. The van der Waals surface area contributed by atoms with Crippen molar-refractivity contribution in [2.75, 3.05) is 5.32 Å². The second-order valence-electron chi connectivity index (χ2n) is 4.62. The van der Waals surface area contributed by atoms with Crippen LogP contribution in [0.3, 0.4) is 0 Å². The number of carbonyl (C=O) groups excluding carboxylic acids is 1. The van der Waals surface area contributed by atoms with Crippen molar-refractivity contribution < 1.29 is 23.0 Å². The Morgan fingerprint density at radius 3 is 2.70 bits per heavy atom. The van der Waals surface area contributed by atoms with Gasteiger partial charge in [-0.3, -0.25) is 19.1 Å². The van der Waals surface area contributed by atoms with Gasteiger partial charge in [-0.2, -0.15) is 0 Å². The van der Waals surface area contributed by atoms with E-state index in [0.29, 0.717) is 0 Å². The highest BCUT2D eigenvalue weighted by Crippen LogP contribution is 2.42. The topological polar surface area (TPSA) is 102 Å². The van der Waals surface area contributed by atoms with Crippen LogP contribution in [0.2, 0.25) is 0 Å². The van der Waals surface area contributed by atoms with Crippen LogP contribution in [-0.4, -0.2) is 21.8 Å². The third kappa shape index (κ3) is 3.20. The van der Waals surface area contributed by atoms with Crippen LogP contribution < -0.4 is 26.0 Å². The van der Waals surface area contributed by atoms with Crippen LogP contribution in [0.25, 0.3) is 0 Å². The highest BCUT2D eigenvalue weighted by atomic mass is 19.3. The number of aromatic amines is 1. The van der Waals surface area contributed by atoms with E-state index in [-0.39, 0.29) is 23.7 Å². The number of fused-ring (bicyclic) bond motifs is 1. The molecule has 10 heteroatoms. The van der Waals surface area contributed by atoms with Gasteiger partial charge in [-0.1, -0.05) is 0 Å². The number of hydrogen-bond acceptors (Lipinski definition) is 5. The molecule has 1 aromatic carbocycles. The standard InChI is InChI=1S/C13H9F2N3O5/c14-13(15)22-8-2-1-7(5-9(8)23-13)16-11(20)6-18-4-3-10(19)17-12(18)21/h1-5H,6H2,(H,16,20)(H,17,19,21). The van der Waals surface area contributed by atoms with Crippen molar-refractivity contribution in [3.63, 3.8) is 0 Å². The molecule has 0 saturated heterocycles. The van der Waals surface area contributed by atoms with E-state index >= 15 is 0 Å². The summed E-state index contributed by atoms with van der Waals surface area (Å²) in [6.45, 7) is -0.361. The minimum Gasteiger partial charge on any atom is -0.395 e. The first kappa shape index (κ1) is 14.8. The van der Waals surface area contributed by atoms with Crippen LogP contribution in [0.1, 0.15) is 0 Å². The predicted molar refractivity (Wildman–Crippen MR) is 72.6 cm³/mol. The summed E-state index contributed by atoms with van der Waals surface area (Å²) in [4.78, 5) is 36.3. The number of aromatic nitrogens is 2. The van der Waals surface area contributed by atoms with Gasteiger partial charge >= 0.3 is 12.0 Å². The Kier molecular flexibility index (Phi) is 3.36. The number of carbonyl (C=O) groups is 1. The second-order valence-corrected chi connectivity index (χ2v) is 4.62. The van der Waals surface area contributed by atoms with Crippen molar-refractivity contribution in [1.29, 1.82) is 0 Å². The summed E-state index contributed by atoms with van der Waals surface area (Å²) < 4.78 is 35.3. The van der Waals surface area contributed by atoms with Gasteiger partial charge in [0.25, 0.3) is 5.56 Å². The molecule has 1 aliphatic heterocycles. The fourth-order valence-electron chi connectivity index (χ4n) is 1.95. The molecular formula is C13H9F2N3O5. The number of anilines is 1. The SMILES string of the molecule is O=C(Cn1ccc(=O)[nH]c1=O)Nc1ccc2c(c1)OC(F)(F)O2. The smallest absolute Gasteiger partial charge is 0.395 e. The minimum absolute atomic E-state index is 0.148. The molecule has 0 aliphatic carbocycles. The first-order chi connectivity index (χ1) is 10.8. The van der Waals surface area contributed by atoms with Gasteiger partial charge in [0.2, 0.25) is 5.91 Å². The number of halogens is 2. The van der Waals surface area contributed by atoms with E-state index in [1.54, 1.807) is 0 Å². The molecule has 120 valence electrons. The molecule has 8 nitrogen and oxygen atoms in total. The first-order valence-electron chi connectivity index (χ1n) is 6.32. The zero-order chi connectivity index (χ0) is 16.6. The first-order valence-corrected chi connectivity index (χ1v) is 6.32. The third-order valence-electron chi connectivity index (χ3n) is 2.90. The monoisotopic (exact) mass is 325 g/mol. The summed E-state index contributed by atoms with van der Waals surface area (Å²) in [6.07, 6.45) is -2.57. The van der Waals surface area contributed by atoms with Crippen LogP contribution in [0, 0.1) is 0 Å². The molecule has 2 aromatic rings. The molecule has 2 N–H and O–H groups in total. The van der Waals surface area contributed by atoms with Crippen LogP contribution in [0.15, 0.2) is 40.1 Å². The minimum atomic E-state index is -3.74. The zero-order valence-electron chi connectivity index (χ0n) is 11.3. The van der Waals surface area contributed by atoms with Gasteiger partial charge in [-0.25, -0.2) is 4.79 Å². The number of amides is 1. The average Bonchev–Trinajstić information content (AvgIpc) is 2.75. The van der Waals surface area contributed by atoms with Crippen molar-refractivity contribution in [2.45, 2.75) is 12.8 Å². The summed E-state index contributed by atoms with van der Waals surface area (Å²) in [7, 11) is 0. The van der Waals surface area contributed by atoms with E-state index in [0.717, 1.165) is 10.6 Å².